The lowest BCUT2D eigenvalue weighted by atomic mass is 10.1. The molecule has 2 rings (SSSR count). The number of hydrogen-bond acceptors (Lipinski definition) is 4. The van der Waals surface area contributed by atoms with Crippen LogP contribution in [-0.2, 0) is 26.2 Å². The molecule has 9 heteroatoms. The molecular weight excluding hydrogens is 510 g/mol. The van der Waals surface area contributed by atoms with Crippen molar-refractivity contribution in [2.75, 3.05) is 23.7 Å². The van der Waals surface area contributed by atoms with E-state index in [1.807, 2.05) is 52.0 Å². The number of rotatable bonds is 13. The van der Waals surface area contributed by atoms with Gasteiger partial charge in [0.15, 0.2) is 0 Å². The van der Waals surface area contributed by atoms with E-state index in [9.17, 15) is 18.0 Å². The number of sulfonamides is 1. The van der Waals surface area contributed by atoms with Crippen LogP contribution in [0.1, 0.15) is 56.7 Å². The lowest BCUT2D eigenvalue weighted by Crippen LogP contribution is -2.49. The van der Waals surface area contributed by atoms with Crippen LogP contribution in [0, 0.1) is 19.8 Å². The fourth-order valence-electron chi connectivity index (χ4n) is 4.08. The molecule has 2 aromatic carbocycles. The second-order valence-electron chi connectivity index (χ2n) is 9.89. The Morgan fingerprint density at radius 2 is 1.70 bits per heavy atom. The monoisotopic (exact) mass is 549 g/mol. The molecular formula is C28H40ClN3O4S. The summed E-state index contributed by atoms with van der Waals surface area (Å²) in [4.78, 5) is 28.2. The van der Waals surface area contributed by atoms with Gasteiger partial charge in [-0.2, -0.15) is 0 Å². The van der Waals surface area contributed by atoms with Gasteiger partial charge in [0.25, 0.3) is 0 Å². The van der Waals surface area contributed by atoms with Gasteiger partial charge in [-0.3, -0.25) is 13.9 Å². The smallest absolute Gasteiger partial charge is 0.242 e. The average Bonchev–Trinajstić information content (AvgIpc) is 2.82. The van der Waals surface area contributed by atoms with E-state index in [0.717, 1.165) is 17.4 Å². The summed E-state index contributed by atoms with van der Waals surface area (Å²) in [7, 11) is -3.59. The van der Waals surface area contributed by atoms with Gasteiger partial charge in [0, 0.05) is 31.1 Å². The first-order valence-corrected chi connectivity index (χ1v) is 14.9. The van der Waals surface area contributed by atoms with Crippen LogP contribution >= 0.6 is 11.6 Å². The number of aryl methyl sites for hydroxylation is 1. The molecule has 0 aliphatic heterocycles. The van der Waals surface area contributed by atoms with Crippen LogP contribution in [0.4, 0.5) is 5.69 Å². The first-order chi connectivity index (χ1) is 17.3. The summed E-state index contributed by atoms with van der Waals surface area (Å²) in [6.45, 7) is 10.7. The molecule has 0 aromatic heterocycles. The van der Waals surface area contributed by atoms with E-state index in [1.54, 1.807) is 30.0 Å². The predicted molar refractivity (Wildman–Crippen MR) is 151 cm³/mol. The molecule has 2 amide bonds. The molecule has 0 spiro atoms. The number of nitrogens with zero attached hydrogens (tertiary/aromatic N) is 2. The largest absolute Gasteiger partial charge is 0.354 e. The summed E-state index contributed by atoms with van der Waals surface area (Å²) in [5, 5.41) is 3.43. The maximum atomic E-state index is 13.5. The van der Waals surface area contributed by atoms with Gasteiger partial charge in [0.2, 0.25) is 21.8 Å². The van der Waals surface area contributed by atoms with Gasteiger partial charge in [-0.05, 0) is 55.9 Å². The highest BCUT2D eigenvalue weighted by Crippen LogP contribution is 2.28. The van der Waals surface area contributed by atoms with Crippen molar-refractivity contribution in [2.24, 2.45) is 5.92 Å². The van der Waals surface area contributed by atoms with Crippen molar-refractivity contribution in [1.82, 2.24) is 10.2 Å². The van der Waals surface area contributed by atoms with Gasteiger partial charge in [0.1, 0.15) is 6.04 Å². The number of halogens is 1. The van der Waals surface area contributed by atoms with Crippen LogP contribution in [0.3, 0.4) is 0 Å². The third-order valence-corrected chi connectivity index (χ3v) is 7.79. The van der Waals surface area contributed by atoms with Crippen LogP contribution in [0.25, 0.3) is 0 Å². The summed E-state index contributed by atoms with van der Waals surface area (Å²) < 4.78 is 26.4. The fourth-order valence-corrected chi connectivity index (χ4v) is 5.27. The first kappa shape index (κ1) is 30.6. The molecule has 2 aromatic rings. The predicted octanol–water partition coefficient (Wildman–Crippen LogP) is 5.08. The molecule has 0 saturated carbocycles. The van der Waals surface area contributed by atoms with Crippen molar-refractivity contribution in [3.05, 3.63) is 64.2 Å². The number of amides is 2. The Morgan fingerprint density at radius 1 is 1.05 bits per heavy atom. The highest BCUT2D eigenvalue weighted by atomic mass is 35.5. The maximum absolute atomic E-state index is 13.5. The zero-order valence-corrected chi connectivity index (χ0v) is 24.3. The summed E-state index contributed by atoms with van der Waals surface area (Å²) >= 11 is 6.23. The number of hydrogen-bond donors (Lipinski definition) is 1. The fraction of sp³-hybridized carbons (Fsp3) is 0.500. The van der Waals surface area contributed by atoms with Crippen molar-refractivity contribution in [2.45, 2.75) is 66.5 Å². The molecule has 0 bridgehead atoms. The van der Waals surface area contributed by atoms with Gasteiger partial charge in [-0.25, -0.2) is 8.42 Å². The molecule has 1 unspecified atom stereocenters. The number of benzene rings is 2. The summed E-state index contributed by atoms with van der Waals surface area (Å²) in [6, 6.07) is 12.4. The minimum atomic E-state index is -3.59. The van der Waals surface area contributed by atoms with E-state index in [2.05, 4.69) is 5.32 Å². The average molecular weight is 550 g/mol. The Bertz CT molecular complexity index is 1170. The topological polar surface area (TPSA) is 86.8 Å². The molecule has 0 aliphatic rings. The SMILES string of the molecule is CCC(C(=O)NCC(C)C)N(Cc1ccc(C)cc1)C(=O)CCCN(c1cccc(Cl)c1C)S(C)(=O)=O. The second-order valence-corrected chi connectivity index (χ2v) is 12.2. The Morgan fingerprint density at radius 3 is 2.27 bits per heavy atom. The standard InChI is InChI=1S/C28H40ClN3O4S/c1-7-25(28(34)30-18-20(2)3)31(19-23-15-13-21(4)14-16-23)27(33)12-9-17-32(37(6,35)36)26-11-8-10-24(29)22(26)5/h8,10-11,13-16,20,25H,7,9,12,17-19H2,1-6H3,(H,30,34). The highest BCUT2D eigenvalue weighted by Gasteiger charge is 2.29. The van der Waals surface area contributed by atoms with E-state index < -0.39 is 16.1 Å². The first-order valence-electron chi connectivity index (χ1n) is 12.7. The van der Waals surface area contributed by atoms with Crippen LogP contribution in [0.15, 0.2) is 42.5 Å². The van der Waals surface area contributed by atoms with Gasteiger partial charge in [-0.1, -0.05) is 68.3 Å². The molecule has 7 nitrogen and oxygen atoms in total. The Balaban J connectivity index is 2.24. The van der Waals surface area contributed by atoms with Crippen molar-refractivity contribution >= 4 is 39.1 Å². The maximum Gasteiger partial charge on any atom is 0.242 e. The zero-order chi connectivity index (χ0) is 27.8. The number of carbonyl (C=O) groups is 2. The Hall–Kier alpha value is -2.58. The molecule has 0 heterocycles. The summed E-state index contributed by atoms with van der Waals surface area (Å²) in [6.07, 6.45) is 2.02. The summed E-state index contributed by atoms with van der Waals surface area (Å²) in [5.41, 5.74) is 3.20. The third-order valence-electron chi connectivity index (χ3n) is 6.20. The number of nitrogens with one attached hydrogen (secondary N) is 1. The van der Waals surface area contributed by atoms with E-state index in [-0.39, 0.29) is 24.8 Å². The molecule has 0 fully saturated rings. The molecule has 1 atom stereocenters. The van der Waals surface area contributed by atoms with Gasteiger partial charge in [-0.15, -0.1) is 0 Å². The Kier molecular flexibility index (Phi) is 11.4. The van der Waals surface area contributed by atoms with Gasteiger partial charge < -0.3 is 10.2 Å². The Labute approximate surface area is 227 Å². The normalized spacial score (nSPS) is 12.3. The molecule has 204 valence electrons. The molecule has 0 radical (unpaired) electrons. The van der Waals surface area contributed by atoms with Crippen molar-refractivity contribution in [3.8, 4) is 0 Å². The van der Waals surface area contributed by atoms with Crippen molar-refractivity contribution in [1.29, 1.82) is 0 Å². The zero-order valence-electron chi connectivity index (χ0n) is 22.8. The van der Waals surface area contributed by atoms with Crippen LogP contribution < -0.4 is 9.62 Å². The molecule has 0 saturated heterocycles. The lowest BCUT2D eigenvalue weighted by Gasteiger charge is -2.31. The van der Waals surface area contributed by atoms with Gasteiger partial charge in [0.05, 0.1) is 11.9 Å². The number of anilines is 1. The van der Waals surface area contributed by atoms with Gasteiger partial charge >= 0.3 is 0 Å². The van der Waals surface area contributed by atoms with Crippen LogP contribution in [0.5, 0.6) is 0 Å². The number of carbonyl (C=O) groups excluding carboxylic acids is 2. The minimum absolute atomic E-state index is 0.103. The third kappa shape index (κ3) is 9.04. The van der Waals surface area contributed by atoms with E-state index in [4.69, 9.17) is 11.6 Å². The lowest BCUT2D eigenvalue weighted by molar-refractivity contribution is -0.141. The van der Waals surface area contributed by atoms with Crippen molar-refractivity contribution < 1.29 is 18.0 Å². The highest BCUT2D eigenvalue weighted by molar-refractivity contribution is 7.92. The van der Waals surface area contributed by atoms with Crippen molar-refractivity contribution in [3.63, 3.8) is 0 Å². The second kappa shape index (κ2) is 13.8. The molecule has 37 heavy (non-hydrogen) atoms. The van der Waals surface area contributed by atoms with Crippen LogP contribution in [-0.4, -0.2) is 50.5 Å². The van der Waals surface area contributed by atoms with Crippen LogP contribution in [0.2, 0.25) is 5.02 Å². The minimum Gasteiger partial charge on any atom is -0.354 e. The summed E-state index contributed by atoms with van der Waals surface area (Å²) in [5.74, 6) is -0.0769. The van der Waals surface area contributed by atoms with E-state index >= 15 is 0 Å². The van der Waals surface area contributed by atoms with E-state index in [0.29, 0.717) is 48.1 Å². The van der Waals surface area contributed by atoms with E-state index in [1.165, 1.54) is 4.31 Å². The molecule has 1 N–H and O–H groups in total. The molecule has 0 aliphatic carbocycles. The quantitative estimate of drug-likeness (QED) is 0.377.